The molecule has 6 nitrogen and oxygen atoms in total. The fraction of sp³-hybridized carbons (Fsp3) is 0.769. The third-order valence-electron chi connectivity index (χ3n) is 10.2. The normalized spacial score (nSPS) is 45.1. The number of anilines is 2. The Morgan fingerprint density at radius 2 is 1.09 bits per heavy atom. The molecule has 1 aromatic heterocycles. The molecule has 1 heterocycles. The van der Waals surface area contributed by atoms with E-state index in [1.165, 1.54) is 38.5 Å². The van der Waals surface area contributed by atoms with Gasteiger partial charge in [-0.3, -0.25) is 9.59 Å². The summed E-state index contributed by atoms with van der Waals surface area (Å²) in [6.07, 6.45) is 15.6. The molecule has 6 heteroatoms. The molecule has 1 aromatic rings. The first-order valence-electron chi connectivity index (χ1n) is 12.9. The SMILES string of the molecule is O=C(Nc1ccnnc1NC(=O)C12CC3CC(CC(C3)C1)C2)C12CC3CC(CC(C3)C1)C2. The summed E-state index contributed by atoms with van der Waals surface area (Å²) in [5, 5.41) is 14.6. The van der Waals surface area contributed by atoms with Crippen molar-refractivity contribution >= 4 is 23.3 Å². The molecule has 0 atom stereocenters. The van der Waals surface area contributed by atoms with Gasteiger partial charge in [0.05, 0.1) is 22.7 Å². The average Bonchev–Trinajstić information content (AvgIpc) is 2.73. The molecule has 0 spiro atoms. The van der Waals surface area contributed by atoms with Crippen LogP contribution in [0.3, 0.4) is 0 Å². The molecule has 8 bridgehead atoms. The van der Waals surface area contributed by atoms with Crippen LogP contribution in [-0.2, 0) is 9.59 Å². The second kappa shape index (κ2) is 6.77. The maximum atomic E-state index is 13.6. The van der Waals surface area contributed by atoms with Gasteiger partial charge in [0.15, 0.2) is 5.82 Å². The van der Waals surface area contributed by atoms with E-state index in [9.17, 15) is 9.59 Å². The van der Waals surface area contributed by atoms with Crippen LogP contribution in [0.15, 0.2) is 12.3 Å². The highest BCUT2D eigenvalue weighted by Gasteiger charge is 2.56. The topological polar surface area (TPSA) is 84.0 Å². The molecule has 8 aliphatic carbocycles. The second-order valence-electron chi connectivity index (χ2n) is 12.6. The lowest BCUT2D eigenvalue weighted by atomic mass is 9.49. The van der Waals surface area contributed by atoms with E-state index in [0.29, 0.717) is 29.3 Å². The molecule has 9 rings (SSSR count). The number of hydrogen-bond donors (Lipinski definition) is 2. The average molecular weight is 435 g/mol. The molecule has 2 N–H and O–H groups in total. The lowest BCUT2D eigenvalue weighted by Gasteiger charge is -2.55. The summed E-state index contributed by atoms with van der Waals surface area (Å²) >= 11 is 0. The van der Waals surface area contributed by atoms with E-state index in [2.05, 4.69) is 20.8 Å². The maximum absolute atomic E-state index is 13.6. The lowest BCUT2D eigenvalue weighted by molar-refractivity contribution is -0.141. The standard InChI is InChI=1S/C26H34N4O2/c31-23(25-9-15-3-16(10-25)5-17(4-15)11-25)28-21-1-2-27-30-22(21)29-24(32)26-12-18-6-19(13-26)8-20(7-18)14-26/h1-2,15-20H,3-14H2,(H,27,28,31)(H,29,30,32). The fourth-order valence-electron chi connectivity index (χ4n) is 9.80. The third-order valence-corrected chi connectivity index (χ3v) is 10.2. The van der Waals surface area contributed by atoms with Gasteiger partial charge in [0, 0.05) is 0 Å². The van der Waals surface area contributed by atoms with E-state index in [1.807, 2.05) is 0 Å². The molecule has 32 heavy (non-hydrogen) atoms. The van der Waals surface area contributed by atoms with Gasteiger partial charge in [0.2, 0.25) is 11.8 Å². The fourth-order valence-corrected chi connectivity index (χ4v) is 9.80. The van der Waals surface area contributed by atoms with Crippen LogP contribution in [0.2, 0.25) is 0 Å². The lowest BCUT2D eigenvalue weighted by Crippen LogP contribution is -2.52. The van der Waals surface area contributed by atoms with E-state index in [4.69, 9.17) is 0 Å². The Balaban J connectivity index is 1.11. The zero-order chi connectivity index (χ0) is 21.5. The van der Waals surface area contributed by atoms with Gasteiger partial charge < -0.3 is 10.6 Å². The Labute approximate surface area is 189 Å². The minimum atomic E-state index is -0.243. The van der Waals surface area contributed by atoms with Crippen molar-refractivity contribution in [3.63, 3.8) is 0 Å². The molecular weight excluding hydrogens is 400 g/mol. The number of carbonyl (C=O) groups is 2. The van der Waals surface area contributed by atoms with Gasteiger partial charge in [0.1, 0.15) is 0 Å². The first kappa shape index (κ1) is 19.5. The predicted molar refractivity (Wildman–Crippen MR) is 121 cm³/mol. The number of amides is 2. The molecule has 0 saturated heterocycles. The molecule has 0 radical (unpaired) electrons. The molecular formula is C26H34N4O2. The Bertz CT molecular complexity index is 825. The first-order valence-corrected chi connectivity index (χ1v) is 12.9. The summed E-state index contributed by atoms with van der Waals surface area (Å²) in [6, 6.07) is 1.79. The van der Waals surface area contributed by atoms with Crippen LogP contribution in [-0.4, -0.2) is 22.0 Å². The van der Waals surface area contributed by atoms with Crippen LogP contribution >= 0.6 is 0 Å². The molecule has 8 aliphatic rings. The van der Waals surface area contributed by atoms with Gasteiger partial charge in [-0.2, -0.15) is 5.10 Å². The molecule has 0 aliphatic heterocycles. The van der Waals surface area contributed by atoms with Crippen LogP contribution in [0.1, 0.15) is 77.0 Å². The van der Waals surface area contributed by atoms with Gasteiger partial charge in [-0.1, -0.05) is 0 Å². The van der Waals surface area contributed by atoms with Crippen molar-refractivity contribution in [1.82, 2.24) is 10.2 Å². The molecule has 8 saturated carbocycles. The highest BCUT2D eigenvalue weighted by molar-refractivity contribution is 6.02. The monoisotopic (exact) mass is 434 g/mol. The summed E-state index contributed by atoms with van der Waals surface area (Å²) in [5.41, 5.74) is 0.144. The summed E-state index contributed by atoms with van der Waals surface area (Å²) < 4.78 is 0. The molecule has 2 amide bonds. The minimum absolute atomic E-state index is 0.0994. The van der Waals surface area contributed by atoms with E-state index in [1.54, 1.807) is 12.3 Å². The van der Waals surface area contributed by atoms with Gasteiger partial charge in [-0.15, -0.1) is 5.10 Å². The van der Waals surface area contributed by atoms with Gasteiger partial charge >= 0.3 is 0 Å². The Hall–Kier alpha value is -1.98. The summed E-state index contributed by atoms with van der Waals surface area (Å²) in [5.74, 6) is 4.95. The van der Waals surface area contributed by atoms with E-state index in [0.717, 1.165) is 56.3 Å². The van der Waals surface area contributed by atoms with Crippen molar-refractivity contribution in [2.45, 2.75) is 77.0 Å². The molecule has 0 unspecified atom stereocenters. The number of rotatable bonds is 4. The second-order valence-corrected chi connectivity index (χ2v) is 12.6. The number of nitrogens with one attached hydrogen (secondary N) is 2. The smallest absolute Gasteiger partial charge is 0.231 e. The van der Waals surface area contributed by atoms with Crippen molar-refractivity contribution in [3.8, 4) is 0 Å². The first-order chi connectivity index (χ1) is 15.5. The number of nitrogens with zero attached hydrogens (tertiary/aromatic N) is 2. The van der Waals surface area contributed by atoms with E-state index >= 15 is 0 Å². The van der Waals surface area contributed by atoms with Crippen molar-refractivity contribution in [1.29, 1.82) is 0 Å². The number of hydrogen-bond acceptors (Lipinski definition) is 4. The Kier molecular flexibility index (Phi) is 4.12. The van der Waals surface area contributed by atoms with Crippen LogP contribution in [0, 0.1) is 46.3 Å². The van der Waals surface area contributed by atoms with Crippen molar-refractivity contribution < 1.29 is 9.59 Å². The molecule has 8 fully saturated rings. The zero-order valence-electron chi connectivity index (χ0n) is 18.8. The third kappa shape index (κ3) is 2.97. The van der Waals surface area contributed by atoms with Gasteiger partial charge in [-0.25, -0.2) is 0 Å². The van der Waals surface area contributed by atoms with E-state index in [-0.39, 0.29) is 22.6 Å². The quantitative estimate of drug-likeness (QED) is 0.714. The van der Waals surface area contributed by atoms with E-state index < -0.39 is 0 Å². The molecule has 0 aromatic carbocycles. The van der Waals surface area contributed by atoms with Crippen LogP contribution in [0.4, 0.5) is 11.5 Å². The minimum Gasteiger partial charge on any atom is -0.322 e. The largest absolute Gasteiger partial charge is 0.322 e. The van der Waals surface area contributed by atoms with Crippen molar-refractivity contribution in [3.05, 3.63) is 12.3 Å². The van der Waals surface area contributed by atoms with Crippen molar-refractivity contribution in [2.24, 2.45) is 46.3 Å². The van der Waals surface area contributed by atoms with Crippen LogP contribution in [0.5, 0.6) is 0 Å². The number of carbonyl (C=O) groups excluding carboxylic acids is 2. The summed E-state index contributed by atoms with van der Waals surface area (Å²) in [4.78, 5) is 27.1. The maximum Gasteiger partial charge on any atom is 0.231 e. The highest BCUT2D eigenvalue weighted by Crippen LogP contribution is 2.61. The predicted octanol–water partition coefficient (Wildman–Crippen LogP) is 4.79. The Morgan fingerprint density at radius 3 is 1.53 bits per heavy atom. The Morgan fingerprint density at radius 1 is 0.688 bits per heavy atom. The van der Waals surface area contributed by atoms with Crippen LogP contribution in [0.25, 0.3) is 0 Å². The number of aromatic nitrogens is 2. The van der Waals surface area contributed by atoms with Crippen LogP contribution < -0.4 is 10.6 Å². The molecule has 170 valence electrons. The van der Waals surface area contributed by atoms with Crippen molar-refractivity contribution in [2.75, 3.05) is 10.6 Å². The summed E-state index contributed by atoms with van der Waals surface area (Å²) in [6.45, 7) is 0. The van der Waals surface area contributed by atoms with Gasteiger partial charge in [0.25, 0.3) is 0 Å². The van der Waals surface area contributed by atoms with Gasteiger partial charge in [-0.05, 0) is 119 Å². The highest BCUT2D eigenvalue weighted by atomic mass is 16.2. The summed E-state index contributed by atoms with van der Waals surface area (Å²) in [7, 11) is 0. The zero-order valence-corrected chi connectivity index (χ0v) is 18.8.